The highest BCUT2D eigenvalue weighted by Crippen LogP contribution is 2.21. The second kappa shape index (κ2) is 7.30. The van der Waals surface area contributed by atoms with Crippen LogP contribution in [0.1, 0.15) is 11.5 Å². The number of hydrogen-bond acceptors (Lipinski definition) is 4. The summed E-state index contributed by atoms with van der Waals surface area (Å²) in [6.07, 6.45) is 0. The fraction of sp³-hybridized carbons (Fsp3) is 0.417. The minimum atomic E-state index is -0.247. The number of aliphatic hydroxyl groups is 1. The number of thioether (sulfide) groups is 1. The lowest BCUT2D eigenvalue weighted by atomic mass is 10.0. The number of esters is 1. The predicted octanol–water partition coefficient (Wildman–Crippen LogP) is 1.67. The van der Waals surface area contributed by atoms with Crippen LogP contribution in [-0.2, 0) is 9.53 Å². The summed E-state index contributed by atoms with van der Waals surface area (Å²) in [5, 5.41) is 8.71. The van der Waals surface area contributed by atoms with Crippen molar-refractivity contribution in [1.82, 2.24) is 0 Å². The quantitative estimate of drug-likeness (QED) is 0.607. The molecule has 0 aromatic heterocycles. The van der Waals surface area contributed by atoms with Gasteiger partial charge in [-0.15, -0.1) is 0 Å². The van der Waals surface area contributed by atoms with Crippen LogP contribution in [0.3, 0.4) is 0 Å². The number of benzene rings is 1. The summed E-state index contributed by atoms with van der Waals surface area (Å²) in [6.45, 7) is 0.132. The first-order chi connectivity index (χ1) is 7.79. The number of rotatable bonds is 6. The lowest BCUT2D eigenvalue weighted by molar-refractivity contribution is -0.141. The zero-order valence-corrected chi connectivity index (χ0v) is 10.1. The van der Waals surface area contributed by atoms with Crippen LogP contribution in [0, 0.1) is 0 Å². The van der Waals surface area contributed by atoms with E-state index >= 15 is 0 Å². The summed E-state index contributed by atoms with van der Waals surface area (Å²) >= 11 is 1.55. The van der Waals surface area contributed by atoms with Gasteiger partial charge in [0.05, 0.1) is 19.6 Å². The van der Waals surface area contributed by atoms with Crippen LogP contribution in [0.4, 0.5) is 0 Å². The van der Waals surface area contributed by atoms with Crippen molar-refractivity contribution in [1.29, 1.82) is 0 Å². The number of ether oxygens (including phenoxy) is 1. The molecule has 16 heavy (non-hydrogen) atoms. The molecule has 1 rings (SSSR count). The molecule has 0 fully saturated rings. The summed E-state index contributed by atoms with van der Waals surface area (Å²) in [4.78, 5) is 11.6. The topological polar surface area (TPSA) is 46.5 Å². The summed E-state index contributed by atoms with van der Waals surface area (Å²) < 4.78 is 4.78. The number of hydrogen-bond donors (Lipinski definition) is 1. The van der Waals surface area contributed by atoms with Gasteiger partial charge >= 0.3 is 5.97 Å². The maximum absolute atomic E-state index is 11.6. The van der Waals surface area contributed by atoms with Gasteiger partial charge in [0.1, 0.15) is 0 Å². The lowest BCUT2D eigenvalue weighted by Gasteiger charge is -2.14. The molecule has 1 aromatic rings. The Labute approximate surface area is 99.8 Å². The van der Waals surface area contributed by atoms with Crippen LogP contribution in [0.5, 0.6) is 0 Å². The molecule has 0 aliphatic carbocycles. The first-order valence-electron chi connectivity index (χ1n) is 5.11. The highest BCUT2D eigenvalue weighted by Gasteiger charge is 2.20. The standard InChI is InChI=1S/C12H16O3S/c1-15-12(14)11(9-16-8-7-13)10-5-3-2-4-6-10/h2-6,11,13H,7-9H2,1H3. The molecular weight excluding hydrogens is 224 g/mol. The first-order valence-corrected chi connectivity index (χ1v) is 6.26. The van der Waals surface area contributed by atoms with Crippen molar-refractivity contribution in [2.24, 2.45) is 0 Å². The zero-order chi connectivity index (χ0) is 11.8. The largest absolute Gasteiger partial charge is 0.469 e. The molecule has 0 saturated heterocycles. The SMILES string of the molecule is COC(=O)C(CSCCO)c1ccccc1. The first kappa shape index (κ1) is 13.1. The Morgan fingerprint density at radius 2 is 2.12 bits per heavy atom. The smallest absolute Gasteiger partial charge is 0.313 e. The van der Waals surface area contributed by atoms with Crippen molar-refractivity contribution in [3.8, 4) is 0 Å². The zero-order valence-electron chi connectivity index (χ0n) is 9.26. The minimum absolute atomic E-state index is 0.132. The van der Waals surface area contributed by atoms with Crippen LogP contribution >= 0.6 is 11.8 Å². The third-order valence-corrected chi connectivity index (χ3v) is 3.25. The fourth-order valence-electron chi connectivity index (χ4n) is 1.39. The van der Waals surface area contributed by atoms with Gasteiger partial charge < -0.3 is 9.84 Å². The third kappa shape index (κ3) is 3.87. The van der Waals surface area contributed by atoms with Crippen molar-refractivity contribution < 1.29 is 14.6 Å². The molecule has 0 bridgehead atoms. The normalized spacial score (nSPS) is 12.1. The monoisotopic (exact) mass is 240 g/mol. The summed E-state index contributed by atoms with van der Waals surface area (Å²) in [5.74, 6) is 0.803. The van der Waals surface area contributed by atoms with Crippen LogP contribution in [0.25, 0.3) is 0 Å². The minimum Gasteiger partial charge on any atom is -0.469 e. The summed E-state index contributed by atoms with van der Waals surface area (Å²) in [7, 11) is 1.40. The molecule has 1 aromatic carbocycles. The van der Waals surface area contributed by atoms with E-state index < -0.39 is 0 Å². The van der Waals surface area contributed by atoms with Crippen molar-refractivity contribution in [3.05, 3.63) is 35.9 Å². The van der Waals surface area contributed by atoms with Crippen LogP contribution in [-0.4, -0.2) is 36.3 Å². The van der Waals surface area contributed by atoms with E-state index in [0.29, 0.717) is 11.5 Å². The summed E-state index contributed by atoms with van der Waals surface area (Å²) in [6, 6.07) is 9.56. The Balaban J connectivity index is 2.68. The fourth-order valence-corrected chi connectivity index (χ4v) is 2.25. The van der Waals surface area contributed by atoms with Gasteiger partial charge in [-0.3, -0.25) is 4.79 Å². The molecule has 0 spiro atoms. The third-order valence-electron chi connectivity index (χ3n) is 2.21. The van der Waals surface area contributed by atoms with E-state index in [1.807, 2.05) is 30.3 Å². The van der Waals surface area contributed by atoms with Crippen molar-refractivity contribution in [3.63, 3.8) is 0 Å². The van der Waals surface area contributed by atoms with Gasteiger partial charge in [0, 0.05) is 11.5 Å². The number of carbonyl (C=O) groups is 1. The summed E-state index contributed by atoms with van der Waals surface area (Å²) in [5.41, 5.74) is 0.958. The molecular formula is C12H16O3S. The second-order valence-corrected chi connectivity index (χ2v) is 4.43. The maximum atomic E-state index is 11.6. The Hall–Kier alpha value is -1.00. The molecule has 3 nitrogen and oxygen atoms in total. The Bertz CT molecular complexity index is 313. The second-order valence-electron chi connectivity index (χ2n) is 3.28. The van der Waals surface area contributed by atoms with Crippen molar-refractivity contribution in [2.75, 3.05) is 25.2 Å². The van der Waals surface area contributed by atoms with Crippen molar-refractivity contribution in [2.45, 2.75) is 5.92 Å². The molecule has 0 heterocycles. The molecule has 1 N–H and O–H groups in total. The van der Waals surface area contributed by atoms with Gasteiger partial charge in [-0.1, -0.05) is 30.3 Å². The number of methoxy groups -OCH3 is 1. The van der Waals surface area contributed by atoms with E-state index in [0.717, 1.165) is 5.56 Å². The van der Waals surface area contributed by atoms with E-state index in [-0.39, 0.29) is 18.5 Å². The highest BCUT2D eigenvalue weighted by molar-refractivity contribution is 7.99. The molecule has 0 amide bonds. The predicted molar refractivity (Wildman–Crippen MR) is 65.6 cm³/mol. The van der Waals surface area contributed by atoms with Gasteiger partial charge in [-0.2, -0.15) is 11.8 Å². The number of aliphatic hydroxyl groups excluding tert-OH is 1. The van der Waals surface area contributed by atoms with Gasteiger partial charge in [0.15, 0.2) is 0 Å². The average molecular weight is 240 g/mol. The van der Waals surface area contributed by atoms with Gasteiger partial charge in [0.2, 0.25) is 0 Å². The van der Waals surface area contributed by atoms with E-state index in [1.165, 1.54) is 7.11 Å². The van der Waals surface area contributed by atoms with E-state index in [1.54, 1.807) is 11.8 Å². The lowest BCUT2D eigenvalue weighted by Crippen LogP contribution is -2.17. The molecule has 0 saturated carbocycles. The van der Waals surface area contributed by atoms with Gasteiger partial charge in [-0.25, -0.2) is 0 Å². The highest BCUT2D eigenvalue weighted by atomic mass is 32.2. The van der Waals surface area contributed by atoms with Crippen molar-refractivity contribution >= 4 is 17.7 Å². The molecule has 4 heteroatoms. The molecule has 1 atom stereocenters. The molecule has 0 aliphatic rings. The maximum Gasteiger partial charge on any atom is 0.313 e. The molecule has 1 unspecified atom stereocenters. The van der Waals surface area contributed by atoms with Crippen LogP contribution in [0.15, 0.2) is 30.3 Å². The average Bonchev–Trinajstić information content (AvgIpc) is 2.35. The Kier molecular flexibility index (Phi) is 5.96. The van der Waals surface area contributed by atoms with Crippen LogP contribution in [0.2, 0.25) is 0 Å². The van der Waals surface area contributed by atoms with Gasteiger partial charge in [-0.05, 0) is 5.56 Å². The van der Waals surface area contributed by atoms with E-state index in [2.05, 4.69) is 0 Å². The van der Waals surface area contributed by atoms with E-state index in [4.69, 9.17) is 9.84 Å². The molecule has 0 radical (unpaired) electrons. The Morgan fingerprint density at radius 1 is 1.44 bits per heavy atom. The molecule has 88 valence electrons. The molecule has 0 aliphatic heterocycles. The van der Waals surface area contributed by atoms with Gasteiger partial charge in [0.25, 0.3) is 0 Å². The van der Waals surface area contributed by atoms with E-state index in [9.17, 15) is 4.79 Å². The Morgan fingerprint density at radius 3 is 2.69 bits per heavy atom. The number of carbonyl (C=O) groups excluding carboxylic acids is 1. The van der Waals surface area contributed by atoms with Crippen LogP contribution < -0.4 is 0 Å².